The summed E-state index contributed by atoms with van der Waals surface area (Å²) in [6, 6.07) is 1.90. The lowest BCUT2D eigenvalue weighted by atomic mass is 10.1. The van der Waals surface area contributed by atoms with Crippen molar-refractivity contribution in [2.24, 2.45) is 5.92 Å². The molecule has 0 spiro atoms. The molecule has 0 saturated heterocycles. The van der Waals surface area contributed by atoms with Crippen molar-refractivity contribution in [3.05, 3.63) is 36.0 Å². The molecule has 1 aliphatic rings. The number of nitrogens with zero attached hydrogens (tertiary/aromatic N) is 4. The van der Waals surface area contributed by atoms with Crippen LogP contribution in [0.1, 0.15) is 49.2 Å². The quantitative estimate of drug-likeness (QED) is 0.309. The van der Waals surface area contributed by atoms with Crippen LogP contribution in [0.4, 0.5) is 5.82 Å². The number of carbonyl (C=O) groups is 1. The number of aromatic nitrogens is 4. The molecule has 9 nitrogen and oxygen atoms in total. The van der Waals surface area contributed by atoms with Gasteiger partial charge in [-0.05, 0) is 57.1 Å². The zero-order valence-corrected chi connectivity index (χ0v) is 19.7. The average molecular weight is 462 g/mol. The first-order valence-corrected chi connectivity index (χ1v) is 11.3. The summed E-state index contributed by atoms with van der Waals surface area (Å²) in [6.45, 7) is 4.14. The van der Waals surface area contributed by atoms with Gasteiger partial charge in [-0.25, -0.2) is 9.97 Å². The third kappa shape index (κ3) is 7.31. The minimum absolute atomic E-state index is 0.223. The van der Waals surface area contributed by atoms with Gasteiger partial charge in [0, 0.05) is 38.4 Å². The molecule has 2 heterocycles. The van der Waals surface area contributed by atoms with E-state index in [2.05, 4.69) is 32.2 Å². The molecule has 0 bridgehead atoms. The van der Waals surface area contributed by atoms with E-state index in [1.807, 2.05) is 13.8 Å². The summed E-state index contributed by atoms with van der Waals surface area (Å²) in [5.74, 6) is 7.53. The van der Waals surface area contributed by atoms with Crippen LogP contribution in [0.2, 0.25) is 0 Å². The number of rotatable bonds is 8. The van der Waals surface area contributed by atoms with E-state index in [0.717, 1.165) is 44.2 Å². The number of anilines is 1. The maximum Gasteiger partial charge on any atom is 0.218 e. The van der Waals surface area contributed by atoms with E-state index < -0.39 is 5.60 Å². The minimum Gasteiger partial charge on any atom is -0.400 e. The Bertz CT molecular complexity index is 938. The van der Waals surface area contributed by atoms with Crippen LogP contribution >= 0.6 is 12.0 Å². The molecule has 0 aliphatic heterocycles. The van der Waals surface area contributed by atoms with Crippen molar-refractivity contribution in [3.63, 3.8) is 0 Å². The highest BCUT2D eigenvalue weighted by Gasteiger charge is 2.26. The van der Waals surface area contributed by atoms with Crippen LogP contribution < -0.4 is 5.32 Å². The van der Waals surface area contributed by atoms with Gasteiger partial charge in [-0.1, -0.05) is 11.8 Å². The minimum atomic E-state index is -0.525. The number of methoxy groups -OCH3 is 1. The SMILES string of the molecule is CO.COC(C)(C)C#CCn1ccc(C(=O)c2cncnc2NC2CCC(CSO)C2)n1. The molecule has 0 radical (unpaired) electrons. The predicted molar refractivity (Wildman–Crippen MR) is 125 cm³/mol. The Morgan fingerprint density at radius 3 is 2.91 bits per heavy atom. The lowest BCUT2D eigenvalue weighted by Crippen LogP contribution is -2.20. The van der Waals surface area contributed by atoms with Gasteiger partial charge in [-0.2, -0.15) is 5.10 Å². The highest BCUT2D eigenvalue weighted by atomic mass is 32.2. The molecular weight excluding hydrogens is 430 g/mol. The fourth-order valence-corrected chi connectivity index (χ4v) is 3.87. The molecular formula is C22H31N5O4S. The van der Waals surface area contributed by atoms with Crippen LogP contribution in [0.15, 0.2) is 24.8 Å². The zero-order chi connectivity index (χ0) is 23.6. The largest absolute Gasteiger partial charge is 0.400 e. The summed E-state index contributed by atoms with van der Waals surface area (Å²) >= 11 is 0.888. The second-order valence-corrected chi connectivity index (χ2v) is 8.44. The summed E-state index contributed by atoms with van der Waals surface area (Å²) in [6.07, 6.45) is 7.65. The van der Waals surface area contributed by atoms with Crippen LogP contribution in [0.25, 0.3) is 0 Å². The maximum absolute atomic E-state index is 13.0. The number of ether oxygens (including phenoxy) is 1. The van der Waals surface area contributed by atoms with Gasteiger partial charge in [0.25, 0.3) is 0 Å². The fraction of sp³-hybridized carbons (Fsp3) is 0.545. The van der Waals surface area contributed by atoms with Gasteiger partial charge in [-0.3, -0.25) is 9.48 Å². The van der Waals surface area contributed by atoms with Crippen LogP contribution in [-0.2, 0) is 11.3 Å². The average Bonchev–Trinajstić information content (AvgIpc) is 3.45. The number of aliphatic hydroxyl groups is 1. The second-order valence-electron chi connectivity index (χ2n) is 7.85. The Kier molecular flexibility index (Phi) is 10.1. The van der Waals surface area contributed by atoms with Gasteiger partial charge in [0.1, 0.15) is 30.0 Å². The van der Waals surface area contributed by atoms with Crippen molar-refractivity contribution in [2.45, 2.75) is 51.3 Å². The smallest absolute Gasteiger partial charge is 0.218 e. The Balaban J connectivity index is 0.00000176. The Hall–Kier alpha value is -2.45. The van der Waals surface area contributed by atoms with E-state index in [0.29, 0.717) is 29.5 Å². The summed E-state index contributed by atoms with van der Waals surface area (Å²) in [5.41, 5.74) is 0.194. The van der Waals surface area contributed by atoms with Crippen molar-refractivity contribution < 1.29 is 19.2 Å². The third-order valence-electron chi connectivity index (χ3n) is 5.16. The first-order chi connectivity index (χ1) is 15.4. The Labute approximate surface area is 193 Å². The molecule has 3 rings (SSSR count). The highest BCUT2D eigenvalue weighted by molar-refractivity contribution is 7.93. The molecule has 2 aromatic rings. The Morgan fingerprint density at radius 2 is 2.19 bits per heavy atom. The number of hydrogen-bond acceptors (Lipinski definition) is 9. The molecule has 1 saturated carbocycles. The molecule has 174 valence electrons. The predicted octanol–water partition coefficient (Wildman–Crippen LogP) is 2.73. The number of ketones is 1. The van der Waals surface area contributed by atoms with Gasteiger partial charge >= 0.3 is 0 Å². The summed E-state index contributed by atoms with van der Waals surface area (Å²) in [4.78, 5) is 21.3. The zero-order valence-electron chi connectivity index (χ0n) is 18.9. The van der Waals surface area contributed by atoms with Crippen molar-refractivity contribution in [3.8, 4) is 11.8 Å². The molecule has 2 unspecified atom stereocenters. The van der Waals surface area contributed by atoms with E-state index in [9.17, 15) is 4.79 Å². The number of aliphatic hydroxyl groups excluding tert-OH is 1. The molecule has 1 aliphatic carbocycles. The maximum atomic E-state index is 13.0. The standard InChI is InChI=1S/C21H27N5O3S.CH4O/c1-21(2,29-3)8-4-9-26-10-7-18(25-26)19(27)17-12-22-14-23-20(17)24-16-6-5-15(11-16)13-30-28;1-2/h7,10,12,14-16,28H,5-6,9,11,13H2,1-3H3,(H,22,23,24);2H,1H3. The van der Waals surface area contributed by atoms with Crippen molar-refractivity contribution in [2.75, 3.05) is 25.3 Å². The molecule has 3 N–H and O–H groups in total. The van der Waals surface area contributed by atoms with Gasteiger partial charge in [-0.15, -0.1) is 0 Å². The molecule has 1 fully saturated rings. The lowest BCUT2D eigenvalue weighted by Gasteiger charge is -2.15. The van der Waals surface area contributed by atoms with Gasteiger partial charge in [0.15, 0.2) is 0 Å². The molecule has 2 aromatic heterocycles. The van der Waals surface area contributed by atoms with E-state index in [4.69, 9.17) is 14.4 Å². The number of nitrogens with one attached hydrogen (secondary N) is 1. The molecule has 0 aromatic carbocycles. The van der Waals surface area contributed by atoms with E-state index >= 15 is 0 Å². The lowest BCUT2D eigenvalue weighted by molar-refractivity contribution is 0.0740. The van der Waals surface area contributed by atoms with Crippen LogP contribution in [-0.4, -0.2) is 66.8 Å². The fourth-order valence-electron chi connectivity index (χ4n) is 3.36. The van der Waals surface area contributed by atoms with Gasteiger partial charge in [0.05, 0.1) is 5.56 Å². The van der Waals surface area contributed by atoms with Crippen molar-refractivity contribution in [1.29, 1.82) is 0 Å². The summed E-state index contributed by atoms with van der Waals surface area (Å²) < 4.78 is 16.0. The Morgan fingerprint density at radius 1 is 1.41 bits per heavy atom. The van der Waals surface area contributed by atoms with E-state index in [1.54, 1.807) is 24.1 Å². The molecule has 2 atom stereocenters. The van der Waals surface area contributed by atoms with Crippen molar-refractivity contribution >= 4 is 23.6 Å². The third-order valence-corrected chi connectivity index (χ3v) is 5.78. The highest BCUT2D eigenvalue weighted by Crippen LogP contribution is 2.30. The van der Waals surface area contributed by atoms with E-state index in [-0.39, 0.29) is 11.8 Å². The van der Waals surface area contributed by atoms with Gasteiger partial charge in [0.2, 0.25) is 5.78 Å². The van der Waals surface area contributed by atoms with Crippen LogP contribution in [0.3, 0.4) is 0 Å². The van der Waals surface area contributed by atoms with E-state index in [1.165, 1.54) is 12.5 Å². The van der Waals surface area contributed by atoms with Crippen LogP contribution in [0, 0.1) is 17.8 Å². The molecule has 32 heavy (non-hydrogen) atoms. The topological polar surface area (TPSA) is 122 Å². The number of carbonyl (C=O) groups excluding carboxylic acids is 1. The van der Waals surface area contributed by atoms with Crippen molar-refractivity contribution in [1.82, 2.24) is 19.7 Å². The normalized spacial score (nSPS) is 17.7. The second kappa shape index (κ2) is 12.6. The monoisotopic (exact) mass is 461 g/mol. The van der Waals surface area contributed by atoms with Gasteiger partial charge < -0.3 is 19.7 Å². The first kappa shape index (κ1) is 25.8. The number of hydrogen-bond donors (Lipinski definition) is 3. The summed E-state index contributed by atoms with van der Waals surface area (Å²) in [5, 5.41) is 14.7. The first-order valence-electron chi connectivity index (χ1n) is 10.3. The molecule has 10 heteroatoms. The molecule has 0 amide bonds. The van der Waals surface area contributed by atoms with Crippen LogP contribution in [0.5, 0.6) is 0 Å². The summed E-state index contributed by atoms with van der Waals surface area (Å²) in [7, 11) is 2.62.